The van der Waals surface area contributed by atoms with Gasteiger partial charge in [-0.1, -0.05) is 0 Å². The van der Waals surface area contributed by atoms with Crippen LogP contribution in [0.25, 0.3) is 0 Å². The molecule has 0 amide bonds. The standard InChI is InChI=1S/C10H21N3/c1-9-7-10(8-12(9)2)13-5-3-11-4-6-13/h9-11H,3-8H2,1-2H3. The summed E-state index contributed by atoms with van der Waals surface area (Å²) >= 11 is 0. The zero-order valence-electron chi connectivity index (χ0n) is 8.79. The number of hydrogen-bond donors (Lipinski definition) is 1. The van der Waals surface area contributed by atoms with E-state index in [1.54, 1.807) is 0 Å². The molecule has 2 aliphatic heterocycles. The molecule has 0 aromatic rings. The quantitative estimate of drug-likeness (QED) is 0.616. The van der Waals surface area contributed by atoms with Gasteiger partial charge in [-0.2, -0.15) is 0 Å². The summed E-state index contributed by atoms with van der Waals surface area (Å²) in [5.41, 5.74) is 0. The van der Waals surface area contributed by atoms with E-state index < -0.39 is 0 Å². The molecular weight excluding hydrogens is 162 g/mol. The molecule has 2 unspecified atom stereocenters. The first-order chi connectivity index (χ1) is 6.27. The van der Waals surface area contributed by atoms with Crippen molar-refractivity contribution in [1.82, 2.24) is 15.1 Å². The second-order valence-electron chi connectivity index (χ2n) is 4.46. The van der Waals surface area contributed by atoms with Crippen molar-refractivity contribution in [2.45, 2.75) is 25.4 Å². The number of likely N-dealkylation sites (N-methyl/N-ethyl adjacent to an activating group) is 1. The third kappa shape index (κ3) is 2.03. The lowest BCUT2D eigenvalue weighted by Gasteiger charge is -2.32. The van der Waals surface area contributed by atoms with Gasteiger partial charge in [0.1, 0.15) is 0 Å². The van der Waals surface area contributed by atoms with Gasteiger partial charge < -0.3 is 10.2 Å². The molecule has 2 atom stereocenters. The second-order valence-corrected chi connectivity index (χ2v) is 4.46. The van der Waals surface area contributed by atoms with Crippen LogP contribution in [-0.2, 0) is 0 Å². The first kappa shape index (κ1) is 9.44. The van der Waals surface area contributed by atoms with Gasteiger partial charge in [0.05, 0.1) is 0 Å². The number of likely N-dealkylation sites (tertiary alicyclic amines) is 1. The van der Waals surface area contributed by atoms with Crippen LogP contribution in [0.5, 0.6) is 0 Å². The predicted molar refractivity (Wildman–Crippen MR) is 54.9 cm³/mol. The molecule has 1 N–H and O–H groups in total. The Morgan fingerprint density at radius 3 is 2.46 bits per heavy atom. The SMILES string of the molecule is CC1CC(N2CCNCC2)CN1C. The maximum atomic E-state index is 3.41. The van der Waals surface area contributed by atoms with Crippen molar-refractivity contribution in [3.8, 4) is 0 Å². The predicted octanol–water partition coefficient (Wildman–Crippen LogP) is -0.0158. The van der Waals surface area contributed by atoms with Crippen LogP contribution in [0.4, 0.5) is 0 Å². The number of rotatable bonds is 1. The van der Waals surface area contributed by atoms with Crippen molar-refractivity contribution in [1.29, 1.82) is 0 Å². The third-order valence-corrected chi connectivity index (χ3v) is 3.53. The van der Waals surface area contributed by atoms with E-state index >= 15 is 0 Å². The Kier molecular flexibility index (Phi) is 2.86. The molecule has 0 aliphatic carbocycles. The summed E-state index contributed by atoms with van der Waals surface area (Å²) in [5, 5.41) is 3.41. The lowest BCUT2D eigenvalue weighted by molar-refractivity contribution is 0.175. The zero-order chi connectivity index (χ0) is 9.26. The highest BCUT2D eigenvalue weighted by Crippen LogP contribution is 2.20. The number of piperazine rings is 1. The van der Waals surface area contributed by atoms with Gasteiger partial charge in [-0.25, -0.2) is 0 Å². The van der Waals surface area contributed by atoms with Crippen molar-refractivity contribution < 1.29 is 0 Å². The van der Waals surface area contributed by atoms with Crippen LogP contribution in [0.15, 0.2) is 0 Å². The minimum Gasteiger partial charge on any atom is -0.314 e. The fraction of sp³-hybridized carbons (Fsp3) is 1.00. The summed E-state index contributed by atoms with van der Waals surface area (Å²) in [5.74, 6) is 0. The first-order valence-corrected chi connectivity index (χ1v) is 5.42. The molecular formula is C10H21N3. The van der Waals surface area contributed by atoms with Crippen molar-refractivity contribution in [3.05, 3.63) is 0 Å². The third-order valence-electron chi connectivity index (χ3n) is 3.53. The van der Waals surface area contributed by atoms with E-state index in [4.69, 9.17) is 0 Å². The zero-order valence-corrected chi connectivity index (χ0v) is 8.79. The monoisotopic (exact) mass is 183 g/mol. The lowest BCUT2D eigenvalue weighted by Crippen LogP contribution is -2.49. The molecule has 2 rings (SSSR count). The number of hydrogen-bond acceptors (Lipinski definition) is 3. The Morgan fingerprint density at radius 2 is 1.92 bits per heavy atom. The Labute approximate surface area is 81.1 Å². The molecule has 13 heavy (non-hydrogen) atoms. The maximum absolute atomic E-state index is 3.41. The van der Waals surface area contributed by atoms with E-state index in [1.807, 2.05) is 0 Å². The Bertz CT molecular complexity index is 156. The van der Waals surface area contributed by atoms with Gasteiger partial charge in [-0.3, -0.25) is 4.90 Å². The average molecular weight is 183 g/mol. The molecule has 0 spiro atoms. The maximum Gasteiger partial charge on any atom is 0.0239 e. The van der Waals surface area contributed by atoms with Crippen LogP contribution in [0.1, 0.15) is 13.3 Å². The molecule has 0 radical (unpaired) electrons. The summed E-state index contributed by atoms with van der Waals surface area (Å²) in [7, 11) is 2.24. The molecule has 2 heterocycles. The van der Waals surface area contributed by atoms with E-state index in [0.717, 1.165) is 12.1 Å². The summed E-state index contributed by atoms with van der Waals surface area (Å²) < 4.78 is 0. The number of nitrogens with one attached hydrogen (secondary N) is 1. The van der Waals surface area contributed by atoms with Gasteiger partial charge in [-0.15, -0.1) is 0 Å². The van der Waals surface area contributed by atoms with Gasteiger partial charge in [0, 0.05) is 44.8 Å². The van der Waals surface area contributed by atoms with Crippen LogP contribution in [-0.4, -0.2) is 61.7 Å². The average Bonchev–Trinajstić information content (AvgIpc) is 2.49. The smallest absolute Gasteiger partial charge is 0.0239 e. The van der Waals surface area contributed by atoms with Crippen molar-refractivity contribution in [2.75, 3.05) is 39.8 Å². The fourth-order valence-electron chi connectivity index (χ4n) is 2.47. The summed E-state index contributed by atoms with van der Waals surface area (Å²) in [4.78, 5) is 5.13. The van der Waals surface area contributed by atoms with Gasteiger partial charge in [-0.05, 0) is 20.4 Å². The molecule has 0 saturated carbocycles. The molecule has 3 heteroatoms. The Balaban J connectivity index is 1.87. The largest absolute Gasteiger partial charge is 0.314 e. The molecule has 0 bridgehead atoms. The number of nitrogens with zero attached hydrogens (tertiary/aromatic N) is 2. The molecule has 0 aromatic heterocycles. The normalized spacial score (nSPS) is 38.3. The second kappa shape index (κ2) is 3.95. The minimum atomic E-state index is 0.778. The highest BCUT2D eigenvalue weighted by molar-refractivity contribution is 4.88. The van der Waals surface area contributed by atoms with Crippen LogP contribution in [0.3, 0.4) is 0 Å². The Hall–Kier alpha value is -0.120. The van der Waals surface area contributed by atoms with Crippen molar-refractivity contribution in [2.24, 2.45) is 0 Å². The van der Waals surface area contributed by atoms with Gasteiger partial charge in [0.15, 0.2) is 0 Å². The van der Waals surface area contributed by atoms with Gasteiger partial charge in [0.2, 0.25) is 0 Å². The Morgan fingerprint density at radius 1 is 1.23 bits per heavy atom. The van der Waals surface area contributed by atoms with E-state index in [-0.39, 0.29) is 0 Å². The van der Waals surface area contributed by atoms with Gasteiger partial charge >= 0.3 is 0 Å². The van der Waals surface area contributed by atoms with Crippen molar-refractivity contribution in [3.63, 3.8) is 0 Å². The van der Waals surface area contributed by atoms with E-state index in [2.05, 4.69) is 29.1 Å². The highest BCUT2D eigenvalue weighted by Gasteiger charge is 2.30. The van der Waals surface area contributed by atoms with Crippen molar-refractivity contribution >= 4 is 0 Å². The van der Waals surface area contributed by atoms with E-state index in [1.165, 1.54) is 39.1 Å². The molecule has 3 nitrogen and oxygen atoms in total. The molecule has 2 fully saturated rings. The molecule has 0 aromatic carbocycles. The van der Waals surface area contributed by atoms with E-state index in [0.29, 0.717) is 0 Å². The lowest BCUT2D eigenvalue weighted by atomic mass is 10.1. The fourth-order valence-corrected chi connectivity index (χ4v) is 2.47. The van der Waals surface area contributed by atoms with Crippen LogP contribution >= 0.6 is 0 Å². The van der Waals surface area contributed by atoms with Gasteiger partial charge in [0.25, 0.3) is 0 Å². The van der Waals surface area contributed by atoms with Crippen LogP contribution < -0.4 is 5.32 Å². The molecule has 2 saturated heterocycles. The summed E-state index contributed by atoms with van der Waals surface area (Å²) in [6, 6.07) is 1.60. The topological polar surface area (TPSA) is 18.5 Å². The summed E-state index contributed by atoms with van der Waals surface area (Å²) in [6.07, 6.45) is 1.36. The summed E-state index contributed by atoms with van der Waals surface area (Å²) in [6.45, 7) is 8.43. The van der Waals surface area contributed by atoms with E-state index in [9.17, 15) is 0 Å². The van der Waals surface area contributed by atoms with Crippen LogP contribution in [0.2, 0.25) is 0 Å². The minimum absolute atomic E-state index is 0.778. The first-order valence-electron chi connectivity index (χ1n) is 5.42. The molecule has 2 aliphatic rings. The molecule has 76 valence electrons. The van der Waals surface area contributed by atoms with Crippen LogP contribution in [0, 0.1) is 0 Å². The highest BCUT2D eigenvalue weighted by atomic mass is 15.3.